The van der Waals surface area contributed by atoms with Gasteiger partial charge in [0.2, 0.25) is 0 Å². The Hall–Kier alpha value is -2.59. The smallest absolute Gasteiger partial charge is 0.123 e. The van der Waals surface area contributed by atoms with E-state index >= 15 is 0 Å². The number of aliphatic hydroxyl groups excluding tert-OH is 1. The molecule has 22 heavy (non-hydrogen) atoms. The molecule has 0 spiro atoms. The first-order chi connectivity index (χ1) is 10.7. The third kappa shape index (κ3) is 2.87. The Bertz CT molecular complexity index is 783. The van der Waals surface area contributed by atoms with E-state index in [0.717, 1.165) is 11.1 Å². The molecule has 0 atom stereocenters. The van der Waals surface area contributed by atoms with Crippen molar-refractivity contribution in [1.82, 2.24) is 4.98 Å². The van der Waals surface area contributed by atoms with Gasteiger partial charge in [-0.15, -0.1) is 0 Å². The van der Waals surface area contributed by atoms with E-state index < -0.39 is 0 Å². The molecule has 0 radical (unpaired) electrons. The summed E-state index contributed by atoms with van der Waals surface area (Å²) in [5.41, 5.74) is 3.39. The van der Waals surface area contributed by atoms with Gasteiger partial charge in [0.15, 0.2) is 0 Å². The lowest BCUT2D eigenvalue weighted by Gasteiger charge is -2.10. The quantitative estimate of drug-likeness (QED) is 0.786. The average Bonchev–Trinajstić information content (AvgIpc) is 2.56. The topological polar surface area (TPSA) is 33.1 Å². The van der Waals surface area contributed by atoms with Gasteiger partial charge in [-0.2, -0.15) is 0 Å². The van der Waals surface area contributed by atoms with Gasteiger partial charge in [0, 0.05) is 16.7 Å². The molecule has 0 fully saturated rings. The zero-order valence-electron chi connectivity index (χ0n) is 11.6. The van der Waals surface area contributed by atoms with Crippen molar-refractivity contribution in [2.24, 2.45) is 0 Å². The highest BCUT2D eigenvalue weighted by Gasteiger charge is 2.09. The molecule has 3 rings (SSSR count). The molecule has 0 aliphatic rings. The van der Waals surface area contributed by atoms with Crippen molar-refractivity contribution in [1.29, 1.82) is 0 Å². The zero-order chi connectivity index (χ0) is 15.5. The fourth-order valence-electron chi connectivity index (χ4n) is 2.25. The van der Waals surface area contributed by atoms with Gasteiger partial charge in [0.25, 0.3) is 0 Å². The summed E-state index contributed by atoms with van der Waals surface area (Å²) < 4.78 is 26.1. The molecule has 4 heteroatoms. The lowest BCUT2D eigenvalue weighted by molar-refractivity contribution is 0.282. The highest BCUT2D eigenvalue weighted by atomic mass is 19.1. The molecule has 1 heterocycles. The largest absolute Gasteiger partial charge is 0.392 e. The second-order valence-electron chi connectivity index (χ2n) is 4.88. The molecule has 0 saturated heterocycles. The summed E-state index contributed by atoms with van der Waals surface area (Å²) in [6, 6.07) is 15.5. The van der Waals surface area contributed by atoms with Gasteiger partial charge < -0.3 is 5.11 Å². The van der Waals surface area contributed by atoms with Gasteiger partial charge >= 0.3 is 0 Å². The Morgan fingerprint density at radius 2 is 1.27 bits per heavy atom. The van der Waals surface area contributed by atoms with Crippen LogP contribution in [-0.4, -0.2) is 10.1 Å². The molecule has 110 valence electrons. The number of rotatable bonds is 3. The van der Waals surface area contributed by atoms with Crippen molar-refractivity contribution in [2.45, 2.75) is 6.61 Å². The molecule has 0 amide bonds. The Kier molecular flexibility index (Phi) is 3.94. The molecule has 1 aromatic heterocycles. The van der Waals surface area contributed by atoms with Crippen LogP contribution < -0.4 is 0 Å². The highest BCUT2D eigenvalue weighted by molar-refractivity contribution is 5.68. The van der Waals surface area contributed by atoms with Gasteiger partial charge in [-0.05, 0) is 54.6 Å². The molecular formula is C18H13F2NO. The van der Waals surface area contributed by atoms with Crippen LogP contribution in [0.1, 0.15) is 5.56 Å². The van der Waals surface area contributed by atoms with E-state index in [1.54, 1.807) is 36.4 Å². The van der Waals surface area contributed by atoms with E-state index in [4.69, 9.17) is 0 Å². The number of nitrogens with zero attached hydrogens (tertiary/aromatic N) is 1. The van der Waals surface area contributed by atoms with Crippen molar-refractivity contribution >= 4 is 0 Å². The summed E-state index contributed by atoms with van der Waals surface area (Å²) in [6.07, 6.45) is 0. The van der Waals surface area contributed by atoms with Crippen molar-refractivity contribution < 1.29 is 13.9 Å². The van der Waals surface area contributed by atoms with E-state index in [0.29, 0.717) is 17.0 Å². The molecule has 0 bridgehead atoms. The monoisotopic (exact) mass is 297 g/mol. The Morgan fingerprint density at radius 1 is 0.727 bits per heavy atom. The minimum absolute atomic E-state index is 0.163. The van der Waals surface area contributed by atoms with Gasteiger partial charge in [-0.3, -0.25) is 0 Å². The van der Waals surface area contributed by atoms with Gasteiger partial charge in [0.1, 0.15) is 11.6 Å². The maximum absolute atomic E-state index is 13.1. The van der Waals surface area contributed by atoms with Crippen LogP contribution in [0.15, 0.2) is 60.7 Å². The van der Waals surface area contributed by atoms with E-state index in [-0.39, 0.29) is 18.2 Å². The van der Waals surface area contributed by atoms with Crippen LogP contribution in [-0.2, 0) is 6.61 Å². The van der Waals surface area contributed by atoms with E-state index in [2.05, 4.69) is 4.98 Å². The minimum Gasteiger partial charge on any atom is -0.392 e. The summed E-state index contributed by atoms with van der Waals surface area (Å²) in [4.78, 5) is 4.54. The van der Waals surface area contributed by atoms with Crippen LogP contribution in [0.5, 0.6) is 0 Å². The Labute approximate surface area is 126 Å². The van der Waals surface area contributed by atoms with Crippen molar-refractivity contribution in [3.63, 3.8) is 0 Å². The van der Waals surface area contributed by atoms with E-state index in [1.165, 1.54) is 24.3 Å². The van der Waals surface area contributed by atoms with Crippen LogP contribution in [0.3, 0.4) is 0 Å². The fraction of sp³-hybridized carbons (Fsp3) is 0.0556. The number of aromatic nitrogens is 1. The lowest BCUT2D eigenvalue weighted by Crippen LogP contribution is -1.96. The lowest BCUT2D eigenvalue weighted by atomic mass is 10.0. The Balaban J connectivity index is 2.10. The molecular weight excluding hydrogens is 284 g/mol. The Morgan fingerprint density at radius 3 is 1.82 bits per heavy atom. The first-order valence-corrected chi connectivity index (χ1v) is 6.80. The summed E-state index contributed by atoms with van der Waals surface area (Å²) in [5, 5.41) is 9.47. The third-order valence-electron chi connectivity index (χ3n) is 3.41. The molecule has 0 saturated carbocycles. The molecule has 2 nitrogen and oxygen atoms in total. The van der Waals surface area contributed by atoms with Crippen LogP contribution in [0.25, 0.3) is 22.5 Å². The number of halogens is 2. The number of benzene rings is 2. The predicted molar refractivity (Wildman–Crippen MR) is 80.9 cm³/mol. The van der Waals surface area contributed by atoms with Crippen LogP contribution in [0.4, 0.5) is 8.78 Å². The molecule has 1 N–H and O–H groups in total. The van der Waals surface area contributed by atoms with Gasteiger partial charge in [0.05, 0.1) is 18.0 Å². The SMILES string of the molecule is OCc1ccc(-c2ccc(F)cc2)nc1-c1ccc(F)cc1. The number of pyridine rings is 1. The zero-order valence-corrected chi connectivity index (χ0v) is 11.6. The van der Waals surface area contributed by atoms with Crippen molar-refractivity contribution in [2.75, 3.05) is 0 Å². The standard InChI is InChI=1S/C18H13F2NO/c19-15-6-1-12(2-7-15)17-10-5-14(11-22)18(21-17)13-3-8-16(20)9-4-13/h1-10,22H,11H2. The number of hydrogen-bond donors (Lipinski definition) is 1. The average molecular weight is 297 g/mol. The molecule has 0 unspecified atom stereocenters. The maximum atomic E-state index is 13.1. The first kappa shape index (κ1) is 14.4. The van der Waals surface area contributed by atoms with Crippen molar-refractivity contribution in [3.05, 3.63) is 77.9 Å². The predicted octanol–water partition coefficient (Wildman–Crippen LogP) is 4.19. The molecule has 2 aromatic carbocycles. The maximum Gasteiger partial charge on any atom is 0.123 e. The second-order valence-corrected chi connectivity index (χ2v) is 4.88. The summed E-state index contributed by atoms with van der Waals surface area (Å²) >= 11 is 0. The fourth-order valence-corrected chi connectivity index (χ4v) is 2.25. The number of hydrogen-bond acceptors (Lipinski definition) is 2. The summed E-state index contributed by atoms with van der Waals surface area (Å²) in [7, 11) is 0. The van der Waals surface area contributed by atoms with Crippen LogP contribution >= 0.6 is 0 Å². The molecule has 0 aliphatic heterocycles. The van der Waals surface area contributed by atoms with Crippen LogP contribution in [0, 0.1) is 11.6 Å². The minimum atomic E-state index is -0.330. The first-order valence-electron chi connectivity index (χ1n) is 6.80. The number of aliphatic hydroxyl groups is 1. The van der Waals surface area contributed by atoms with Crippen LogP contribution in [0.2, 0.25) is 0 Å². The van der Waals surface area contributed by atoms with Gasteiger partial charge in [-0.1, -0.05) is 6.07 Å². The van der Waals surface area contributed by atoms with E-state index in [1.807, 2.05) is 0 Å². The third-order valence-corrected chi connectivity index (χ3v) is 3.41. The summed E-state index contributed by atoms with van der Waals surface area (Å²) in [6.45, 7) is -0.163. The van der Waals surface area contributed by atoms with Gasteiger partial charge in [-0.25, -0.2) is 13.8 Å². The summed E-state index contributed by atoms with van der Waals surface area (Å²) in [5.74, 6) is -0.640. The second kappa shape index (κ2) is 6.03. The highest BCUT2D eigenvalue weighted by Crippen LogP contribution is 2.26. The van der Waals surface area contributed by atoms with E-state index in [9.17, 15) is 13.9 Å². The molecule has 0 aliphatic carbocycles. The molecule has 3 aromatic rings. The van der Waals surface area contributed by atoms with Crippen molar-refractivity contribution in [3.8, 4) is 22.5 Å². The normalized spacial score (nSPS) is 10.7.